The predicted molar refractivity (Wildman–Crippen MR) is 109 cm³/mol. The van der Waals surface area contributed by atoms with Crippen LogP contribution < -0.4 is 0 Å². The van der Waals surface area contributed by atoms with Gasteiger partial charge in [0.15, 0.2) is 0 Å². The lowest BCUT2D eigenvalue weighted by molar-refractivity contribution is 0.202. The zero-order valence-electron chi connectivity index (χ0n) is 15.8. The molecule has 0 amide bonds. The van der Waals surface area contributed by atoms with Gasteiger partial charge in [-0.1, -0.05) is 66.2 Å². The van der Waals surface area contributed by atoms with E-state index in [-0.39, 0.29) is 0 Å². The van der Waals surface area contributed by atoms with Gasteiger partial charge in [0.1, 0.15) is 0 Å². The van der Waals surface area contributed by atoms with Crippen molar-refractivity contribution in [2.24, 2.45) is 0 Å². The average molecular weight is 348 g/mol. The Hall–Kier alpha value is -2.16. The van der Waals surface area contributed by atoms with Crippen molar-refractivity contribution in [1.82, 2.24) is 0 Å². The molecule has 0 aliphatic heterocycles. The van der Waals surface area contributed by atoms with E-state index < -0.39 is 0 Å². The molecule has 2 heteroatoms. The highest BCUT2D eigenvalue weighted by Gasteiger charge is 2.24. The third kappa shape index (κ3) is 4.32. The highest BCUT2D eigenvalue weighted by molar-refractivity contribution is 5.92. The van der Waals surface area contributed by atoms with Crippen molar-refractivity contribution in [3.63, 3.8) is 0 Å². The van der Waals surface area contributed by atoms with E-state index in [1.807, 2.05) is 0 Å². The van der Waals surface area contributed by atoms with Crippen LogP contribution in [0.5, 0.6) is 0 Å². The van der Waals surface area contributed by atoms with Gasteiger partial charge in [-0.25, -0.2) is 0 Å². The number of methoxy groups -OCH3 is 2. The van der Waals surface area contributed by atoms with Crippen LogP contribution in [0.4, 0.5) is 0 Å². The minimum Gasteiger partial charge on any atom is -0.384 e. The Morgan fingerprint density at radius 1 is 0.808 bits per heavy atom. The Balaban J connectivity index is 2.11. The lowest BCUT2D eigenvalue weighted by Gasteiger charge is -2.16. The van der Waals surface area contributed by atoms with Crippen LogP contribution in [0.2, 0.25) is 0 Å². The standard InChI is InChI=1S/C24H28O2/c1-25-17-15-21-13-14-23(24(21)20-11-7-4-8-12-20)22(16-18-26-2)19-9-5-3-6-10-19/h3-12H,13-18H2,1-2H3/b23-22+. The first-order chi connectivity index (χ1) is 12.8. The van der Waals surface area contributed by atoms with Gasteiger partial charge >= 0.3 is 0 Å². The summed E-state index contributed by atoms with van der Waals surface area (Å²) in [5.41, 5.74) is 8.46. The van der Waals surface area contributed by atoms with Gasteiger partial charge in [0.2, 0.25) is 0 Å². The molecule has 2 aromatic carbocycles. The number of hydrogen-bond donors (Lipinski definition) is 0. The summed E-state index contributed by atoms with van der Waals surface area (Å²) in [6.07, 6.45) is 4.14. The fraction of sp³-hybridized carbons (Fsp3) is 0.333. The van der Waals surface area contributed by atoms with Crippen molar-refractivity contribution in [2.75, 3.05) is 27.4 Å². The van der Waals surface area contributed by atoms with Crippen molar-refractivity contribution in [3.8, 4) is 0 Å². The zero-order valence-corrected chi connectivity index (χ0v) is 15.8. The molecule has 0 saturated carbocycles. The number of allylic oxidation sites excluding steroid dienone is 2. The van der Waals surface area contributed by atoms with Gasteiger partial charge in [-0.15, -0.1) is 0 Å². The van der Waals surface area contributed by atoms with Crippen LogP contribution in [0.3, 0.4) is 0 Å². The largest absolute Gasteiger partial charge is 0.384 e. The maximum Gasteiger partial charge on any atom is 0.0502 e. The van der Waals surface area contributed by atoms with Crippen LogP contribution in [-0.4, -0.2) is 27.4 Å². The molecule has 26 heavy (non-hydrogen) atoms. The molecule has 0 heterocycles. The molecular formula is C24H28O2. The SMILES string of the molecule is COCCC1=C(c2ccccc2)/C(=C(\CCOC)c2ccccc2)CC1. The summed E-state index contributed by atoms with van der Waals surface area (Å²) < 4.78 is 10.8. The van der Waals surface area contributed by atoms with E-state index in [2.05, 4.69) is 60.7 Å². The van der Waals surface area contributed by atoms with Gasteiger partial charge in [0.25, 0.3) is 0 Å². The molecule has 3 rings (SSSR count). The topological polar surface area (TPSA) is 18.5 Å². The summed E-state index contributed by atoms with van der Waals surface area (Å²) in [5, 5.41) is 0. The van der Waals surface area contributed by atoms with Gasteiger partial charge in [0, 0.05) is 20.8 Å². The van der Waals surface area contributed by atoms with Gasteiger partial charge < -0.3 is 9.47 Å². The molecule has 0 aromatic heterocycles. The van der Waals surface area contributed by atoms with Crippen LogP contribution in [0.15, 0.2) is 71.8 Å². The van der Waals surface area contributed by atoms with Gasteiger partial charge in [-0.05, 0) is 53.5 Å². The fourth-order valence-electron chi connectivity index (χ4n) is 3.81. The lowest BCUT2D eigenvalue weighted by Crippen LogP contribution is -1.98. The maximum atomic E-state index is 5.42. The average Bonchev–Trinajstić information content (AvgIpc) is 3.12. The first-order valence-electron chi connectivity index (χ1n) is 9.38. The van der Waals surface area contributed by atoms with Crippen molar-refractivity contribution in [2.45, 2.75) is 25.7 Å². The van der Waals surface area contributed by atoms with E-state index in [1.165, 1.54) is 33.4 Å². The van der Waals surface area contributed by atoms with E-state index in [9.17, 15) is 0 Å². The highest BCUT2D eigenvalue weighted by atomic mass is 16.5. The van der Waals surface area contributed by atoms with E-state index in [1.54, 1.807) is 14.2 Å². The van der Waals surface area contributed by atoms with Gasteiger partial charge in [-0.2, -0.15) is 0 Å². The molecule has 0 fully saturated rings. The fourth-order valence-corrected chi connectivity index (χ4v) is 3.81. The number of hydrogen-bond acceptors (Lipinski definition) is 2. The predicted octanol–water partition coefficient (Wildman–Crippen LogP) is 5.76. The number of benzene rings is 2. The Kier molecular flexibility index (Phi) is 6.82. The molecule has 1 aliphatic carbocycles. The smallest absolute Gasteiger partial charge is 0.0502 e. The molecule has 136 valence electrons. The molecule has 1 aliphatic rings. The summed E-state index contributed by atoms with van der Waals surface area (Å²) in [4.78, 5) is 0. The molecule has 2 aromatic rings. The summed E-state index contributed by atoms with van der Waals surface area (Å²) in [7, 11) is 3.56. The second-order valence-corrected chi connectivity index (χ2v) is 6.65. The molecule has 0 atom stereocenters. The first-order valence-corrected chi connectivity index (χ1v) is 9.38. The summed E-state index contributed by atoms with van der Waals surface area (Å²) in [6, 6.07) is 21.5. The number of rotatable bonds is 8. The van der Waals surface area contributed by atoms with E-state index >= 15 is 0 Å². The molecule has 0 spiro atoms. The van der Waals surface area contributed by atoms with Crippen LogP contribution in [0, 0.1) is 0 Å². The third-order valence-electron chi connectivity index (χ3n) is 5.05. The quantitative estimate of drug-likeness (QED) is 0.604. The van der Waals surface area contributed by atoms with Crippen molar-refractivity contribution < 1.29 is 9.47 Å². The first kappa shape index (κ1) is 18.6. The zero-order chi connectivity index (χ0) is 18.2. The van der Waals surface area contributed by atoms with Crippen LogP contribution in [-0.2, 0) is 9.47 Å². The summed E-state index contributed by atoms with van der Waals surface area (Å²) in [6.45, 7) is 1.51. The Morgan fingerprint density at radius 2 is 1.46 bits per heavy atom. The molecule has 0 radical (unpaired) electrons. The second-order valence-electron chi connectivity index (χ2n) is 6.65. The van der Waals surface area contributed by atoms with Gasteiger partial charge in [0.05, 0.1) is 6.61 Å². The Bertz CT molecular complexity index is 757. The maximum absolute atomic E-state index is 5.42. The van der Waals surface area contributed by atoms with Crippen LogP contribution in [0.25, 0.3) is 11.1 Å². The normalized spacial score (nSPS) is 16.2. The molecular weight excluding hydrogens is 320 g/mol. The molecule has 2 nitrogen and oxygen atoms in total. The summed E-state index contributed by atoms with van der Waals surface area (Å²) in [5.74, 6) is 0. The molecule has 0 N–H and O–H groups in total. The second kappa shape index (κ2) is 9.51. The van der Waals surface area contributed by atoms with E-state index in [4.69, 9.17) is 9.47 Å². The van der Waals surface area contributed by atoms with Crippen molar-refractivity contribution in [1.29, 1.82) is 0 Å². The Labute approximate surface area is 157 Å². The molecule has 0 saturated heterocycles. The minimum atomic E-state index is 0.739. The minimum absolute atomic E-state index is 0.739. The lowest BCUT2D eigenvalue weighted by atomic mass is 9.89. The third-order valence-corrected chi connectivity index (χ3v) is 5.05. The number of ether oxygens (including phenoxy) is 2. The van der Waals surface area contributed by atoms with E-state index in [0.717, 1.165) is 38.9 Å². The summed E-state index contributed by atoms with van der Waals surface area (Å²) >= 11 is 0. The molecule has 0 bridgehead atoms. The van der Waals surface area contributed by atoms with Crippen molar-refractivity contribution in [3.05, 3.63) is 82.9 Å². The molecule has 0 unspecified atom stereocenters. The van der Waals surface area contributed by atoms with Crippen LogP contribution >= 0.6 is 0 Å². The monoisotopic (exact) mass is 348 g/mol. The highest BCUT2D eigenvalue weighted by Crippen LogP contribution is 2.44. The Morgan fingerprint density at radius 3 is 2.12 bits per heavy atom. The van der Waals surface area contributed by atoms with Crippen molar-refractivity contribution >= 4 is 11.1 Å². The van der Waals surface area contributed by atoms with Gasteiger partial charge in [-0.3, -0.25) is 0 Å². The van der Waals surface area contributed by atoms with Crippen LogP contribution in [0.1, 0.15) is 36.8 Å². The van der Waals surface area contributed by atoms with E-state index in [0.29, 0.717) is 0 Å².